The molecule has 4 nitrogen and oxygen atoms in total. The fraction of sp³-hybridized carbons (Fsp3) is 0.0667. The van der Waals surface area contributed by atoms with Gasteiger partial charge >= 0.3 is 0 Å². The molecule has 1 aliphatic heterocycles. The second-order valence-corrected chi connectivity index (χ2v) is 5.51. The van der Waals surface area contributed by atoms with Gasteiger partial charge in [-0.15, -0.1) is 0 Å². The minimum Gasteiger partial charge on any atom is -0.351 e. The molecule has 1 aromatic heterocycles. The summed E-state index contributed by atoms with van der Waals surface area (Å²) in [5.74, 6) is -1.10. The van der Waals surface area contributed by atoms with Crippen LogP contribution in [0.2, 0.25) is 0 Å². The quantitative estimate of drug-likeness (QED) is 0.798. The molecule has 0 radical (unpaired) electrons. The molecule has 21 heavy (non-hydrogen) atoms. The van der Waals surface area contributed by atoms with Crippen molar-refractivity contribution in [3.63, 3.8) is 0 Å². The first-order valence-electron chi connectivity index (χ1n) is 6.22. The van der Waals surface area contributed by atoms with Crippen LogP contribution >= 0.6 is 11.8 Å². The molecule has 0 unspecified atom stereocenters. The number of thioether (sulfide) groups is 1. The van der Waals surface area contributed by atoms with Crippen molar-refractivity contribution in [1.29, 1.82) is 0 Å². The van der Waals surface area contributed by atoms with E-state index in [4.69, 9.17) is 0 Å². The Morgan fingerprint density at radius 3 is 2.57 bits per heavy atom. The van der Waals surface area contributed by atoms with Crippen LogP contribution in [0.15, 0.2) is 47.5 Å². The zero-order chi connectivity index (χ0) is 15.0. The van der Waals surface area contributed by atoms with Crippen LogP contribution in [-0.4, -0.2) is 15.7 Å². The Hall–Kier alpha value is -2.34. The van der Waals surface area contributed by atoms with E-state index in [1.54, 1.807) is 12.1 Å². The smallest absolute Gasteiger partial charge is 0.298 e. The number of nitrogens with zero attached hydrogens (tertiary/aromatic N) is 2. The number of hydrogen-bond acceptors (Lipinski definition) is 3. The normalized spacial score (nSPS) is 17.0. The summed E-state index contributed by atoms with van der Waals surface area (Å²) in [7, 11) is 1.84. The Bertz CT molecular complexity index is 767. The van der Waals surface area contributed by atoms with E-state index in [0.717, 1.165) is 22.4 Å². The van der Waals surface area contributed by atoms with E-state index in [-0.39, 0.29) is 10.6 Å². The van der Waals surface area contributed by atoms with Gasteiger partial charge < -0.3 is 4.57 Å². The third-order valence-electron chi connectivity index (χ3n) is 3.15. The van der Waals surface area contributed by atoms with Gasteiger partial charge in [0.25, 0.3) is 11.1 Å². The van der Waals surface area contributed by atoms with Gasteiger partial charge in [0.15, 0.2) is 0 Å². The maximum Gasteiger partial charge on any atom is 0.298 e. The molecule has 3 rings (SSSR count). The van der Waals surface area contributed by atoms with Crippen LogP contribution in [0.4, 0.5) is 14.9 Å². The lowest BCUT2D eigenvalue weighted by Crippen LogP contribution is -2.28. The molecule has 0 N–H and O–H groups in total. The van der Waals surface area contributed by atoms with Crippen molar-refractivity contribution in [2.45, 2.75) is 0 Å². The highest BCUT2D eigenvalue weighted by atomic mass is 32.2. The predicted octanol–water partition coefficient (Wildman–Crippen LogP) is 3.41. The van der Waals surface area contributed by atoms with Gasteiger partial charge in [-0.3, -0.25) is 9.59 Å². The first-order chi connectivity index (χ1) is 10.1. The summed E-state index contributed by atoms with van der Waals surface area (Å²) in [5, 5.41) is -0.495. The number of anilines is 1. The van der Waals surface area contributed by atoms with Crippen molar-refractivity contribution >= 4 is 34.7 Å². The van der Waals surface area contributed by atoms with E-state index in [0.29, 0.717) is 0 Å². The maximum atomic E-state index is 13.8. The Kier molecular flexibility index (Phi) is 3.39. The Morgan fingerprint density at radius 2 is 1.90 bits per heavy atom. The molecule has 1 fully saturated rings. The Morgan fingerprint density at radius 1 is 1.14 bits per heavy atom. The number of para-hydroxylation sites is 1. The average molecular weight is 302 g/mol. The third-order valence-corrected chi connectivity index (χ3v) is 4.02. The summed E-state index contributed by atoms with van der Waals surface area (Å²) >= 11 is 0.811. The van der Waals surface area contributed by atoms with E-state index in [1.807, 2.05) is 29.9 Å². The minimum atomic E-state index is -0.597. The van der Waals surface area contributed by atoms with Crippen molar-refractivity contribution in [2.24, 2.45) is 7.05 Å². The van der Waals surface area contributed by atoms with Crippen LogP contribution in [0.25, 0.3) is 6.08 Å². The van der Waals surface area contributed by atoms with Crippen LogP contribution < -0.4 is 4.90 Å². The fourth-order valence-electron chi connectivity index (χ4n) is 2.07. The number of carbonyl (C=O) groups is 2. The van der Waals surface area contributed by atoms with Crippen molar-refractivity contribution in [3.8, 4) is 0 Å². The van der Waals surface area contributed by atoms with Crippen LogP contribution in [-0.2, 0) is 11.8 Å². The highest BCUT2D eigenvalue weighted by Crippen LogP contribution is 2.36. The Balaban J connectivity index is 1.99. The van der Waals surface area contributed by atoms with E-state index in [9.17, 15) is 14.0 Å². The summed E-state index contributed by atoms with van der Waals surface area (Å²) in [6, 6.07) is 9.40. The van der Waals surface area contributed by atoms with E-state index in [2.05, 4.69) is 0 Å². The highest BCUT2D eigenvalue weighted by Gasteiger charge is 2.37. The van der Waals surface area contributed by atoms with Crippen molar-refractivity contribution < 1.29 is 14.0 Å². The second kappa shape index (κ2) is 5.21. The number of hydrogen-bond donors (Lipinski definition) is 0. The summed E-state index contributed by atoms with van der Waals surface area (Å²) < 4.78 is 15.6. The number of imide groups is 1. The molecule has 0 bridgehead atoms. The molecule has 0 spiro atoms. The summed E-state index contributed by atoms with van der Waals surface area (Å²) in [6.45, 7) is 0. The van der Waals surface area contributed by atoms with Crippen LogP contribution in [0.5, 0.6) is 0 Å². The van der Waals surface area contributed by atoms with Gasteiger partial charge in [-0.2, -0.15) is 0 Å². The van der Waals surface area contributed by atoms with E-state index < -0.39 is 17.0 Å². The predicted molar refractivity (Wildman–Crippen MR) is 80.3 cm³/mol. The number of aromatic nitrogens is 1. The minimum absolute atomic E-state index is 0.0183. The van der Waals surface area contributed by atoms with Crippen LogP contribution in [0.3, 0.4) is 0 Å². The zero-order valence-electron chi connectivity index (χ0n) is 11.1. The fourth-order valence-corrected chi connectivity index (χ4v) is 2.89. The third kappa shape index (κ3) is 2.38. The first kappa shape index (κ1) is 13.6. The van der Waals surface area contributed by atoms with Crippen molar-refractivity contribution in [1.82, 2.24) is 4.57 Å². The Labute approximate surface area is 124 Å². The van der Waals surface area contributed by atoms with Crippen molar-refractivity contribution in [2.75, 3.05) is 4.90 Å². The lowest BCUT2D eigenvalue weighted by molar-refractivity contribution is -0.113. The molecular weight excluding hydrogens is 291 g/mol. The summed E-state index contributed by atoms with van der Waals surface area (Å²) in [5.41, 5.74) is 0.782. The van der Waals surface area contributed by atoms with Gasteiger partial charge in [0.05, 0.1) is 10.6 Å². The lowest BCUT2D eigenvalue weighted by atomic mass is 10.2. The number of rotatable bonds is 2. The van der Waals surface area contributed by atoms with Gasteiger partial charge in [0.2, 0.25) is 0 Å². The number of carbonyl (C=O) groups excluding carboxylic acids is 2. The lowest BCUT2D eigenvalue weighted by Gasteiger charge is -2.12. The topological polar surface area (TPSA) is 42.3 Å². The summed E-state index contributed by atoms with van der Waals surface area (Å²) in [4.78, 5) is 25.5. The molecule has 2 heterocycles. The monoisotopic (exact) mass is 302 g/mol. The van der Waals surface area contributed by atoms with E-state index >= 15 is 0 Å². The van der Waals surface area contributed by atoms with E-state index in [1.165, 1.54) is 18.2 Å². The molecule has 6 heteroatoms. The van der Waals surface area contributed by atoms with Crippen LogP contribution in [0.1, 0.15) is 5.69 Å². The number of halogens is 1. The number of benzene rings is 1. The molecule has 0 saturated carbocycles. The zero-order valence-corrected chi connectivity index (χ0v) is 11.9. The van der Waals surface area contributed by atoms with Crippen LogP contribution in [0, 0.1) is 5.82 Å². The largest absolute Gasteiger partial charge is 0.351 e. The molecule has 2 amide bonds. The molecule has 1 saturated heterocycles. The second-order valence-electron chi connectivity index (χ2n) is 4.51. The molecule has 2 aromatic rings. The number of amides is 2. The average Bonchev–Trinajstić information content (AvgIpc) is 2.97. The maximum absolute atomic E-state index is 13.8. The van der Waals surface area contributed by atoms with Crippen molar-refractivity contribution in [3.05, 3.63) is 59.0 Å². The molecule has 0 aliphatic carbocycles. The SMILES string of the molecule is Cn1cccc1/C=C1/SC(=O)N(c2ccccc2F)C1=O. The standard InChI is InChI=1S/C15H11FN2O2S/c1-17-8-4-5-10(17)9-13-14(19)18(15(20)21-13)12-7-3-2-6-11(12)16/h2-9H,1H3/b13-9+. The number of aryl methyl sites for hydroxylation is 1. The van der Waals surface area contributed by atoms with Gasteiger partial charge in [-0.1, -0.05) is 12.1 Å². The molecule has 106 valence electrons. The molecule has 1 aliphatic rings. The van der Waals surface area contributed by atoms with Gasteiger partial charge in [0, 0.05) is 18.9 Å². The highest BCUT2D eigenvalue weighted by molar-refractivity contribution is 8.19. The van der Waals surface area contributed by atoms with Gasteiger partial charge in [-0.05, 0) is 42.1 Å². The first-order valence-corrected chi connectivity index (χ1v) is 7.03. The molecular formula is C15H11FN2O2S. The molecule has 0 atom stereocenters. The van der Waals surface area contributed by atoms with Gasteiger partial charge in [0.1, 0.15) is 5.82 Å². The summed E-state index contributed by atoms with van der Waals surface area (Å²) in [6.07, 6.45) is 3.47. The molecule has 1 aromatic carbocycles. The van der Waals surface area contributed by atoms with Gasteiger partial charge in [-0.25, -0.2) is 9.29 Å².